The van der Waals surface area contributed by atoms with Crippen LogP contribution in [0.15, 0.2) is 36.5 Å². The molecule has 0 atom stereocenters. The summed E-state index contributed by atoms with van der Waals surface area (Å²) in [7, 11) is 1.64. The second-order valence-corrected chi connectivity index (χ2v) is 8.03. The largest absolute Gasteiger partial charge is 0.481 e. The van der Waals surface area contributed by atoms with E-state index in [1.165, 1.54) is 36.2 Å². The first-order valence-electron chi connectivity index (χ1n) is 9.20. The third kappa shape index (κ3) is 3.04. The van der Waals surface area contributed by atoms with Crippen LogP contribution in [0.3, 0.4) is 0 Å². The van der Waals surface area contributed by atoms with E-state index in [4.69, 9.17) is 9.72 Å². The summed E-state index contributed by atoms with van der Waals surface area (Å²) in [5, 5.41) is 1.15. The zero-order valence-electron chi connectivity index (χ0n) is 14.9. The van der Waals surface area contributed by atoms with E-state index < -0.39 is 0 Å². The number of fused-ring (bicyclic) bond motifs is 1. The van der Waals surface area contributed by atoms with Gasteiger partial charge in [0.15, 0.2) is 5.13 Å². The normalized spacial score (nSPS) is 18.4. The predicted molar refractivity (Wildman–Crippen MR) is 106 cm³/mol. The van der Waals surface area contributed by atoms with E-state index in [2.05, 4.69) is 33.0 Å². The average Bonchev–Trinajstić information content (AvgIpc) is 3.46. The summed E-state index contributed by atoms with van der Waals surface area (Å²) in [6, 6.07) is 11.3. The third-order valence-corrected chi connectivity index (χ3v) is 6.38. The van der Waals surface area contributed by atoms with Crippen molar-refractivity contribution in [2.45, 2.75) is 18.9 Å². The fourth-order valence-corrected chi connectivity index (χ4v) is 4.67. The highest BCUT2D eigenvalue weighted by atomic mass is 32.1. The average molecular weight is 366 g/mol. The van der Waals surface area contributed by atoms with Gasteiger partial charge in [-0.2, -0.15) is 0 Å². The fraction of sp³-hybridized carbons (Fsp3) is 0.400. The monoisotopic (exact) mass is 366 g/mol. The van der Waals surface area contributed by atoms with Crippen molar-refractivity contribution in [2.24, 2.45) is 0 Å². The highest BCUT2D eigenvalue weighted by molar-refractivity contribution is 7.22. The number of anilines is 1. The summed E-state index contributed by atoms with van der Waals surface area (Å²) in [5.41, 5.74) is 3.35. The molecule has 5 rings (SSSR count). The van der Waals surface area contributed by atoms with Gasteiger partial charge in [0.05, 0.1) is 17.3 Å². The number of hydrogen-bond acceptors (Lipinski definition) is 6. The Morgan fingerprint density at radius 3 is 2.54 bits per heavy atom. The molecule has 134 valence electrons. The molecule has 5 nitrogen and oxygen atoms in total. The highest BCUT2D eigenvalue weighted by Gasteiger charge is 2.31. The second-order valence-electron chi connectivity index (χ2n) is 7.02. The molecule has 0 unspecified atom stereocenters. The van der Waals surface area contributed by atoms with E-state index in [9.17, 15) is 0 Å². The topological polar surface area (TPSA) is 41.5 Å². The zero-order chi connectivity index (χ0) is 17.5. The SMILES string of the molecule is COc1ccc(-c2ccc3nc(N4CCN(C5CC5)CC4)sc3c2)cn1. The van der Waals surface area contributed by atoms with Crippen molar-refractivity contribution in [3.63, 3.8) is 0 Å². The molecule has 0 N–H and O–H groups in total. The standard InChI is InChI=1S/C20H22N4OS/c1-25-19-7-3-15(13-21-19)14-2-6-17-18(12-14)26-20(22-17)24-10-8-23(9-11-24)16-4-5-16/h2-3,6-7,12-13,16H,4-5,8-11H2,1H3. The lowest BCUT2D eigenvalue weighted by molar-refractivity contribution is 0.248. The molecule has 2 aliphatic rings. The molecule has 0 spiro atoms. The maximum absolute atomic E-state index is 5.14. The zero-order valence-corrected chi connectivity index (χ0v) is 15.7. The van der Waals surface area contributed by atoms with Crippen LogP contribution in [0.25, 0.3) is 21.3 Å². The van der Waals surface area contributed by atoms with Crippen molar-refractivity contribution in [2.75, 3.05) is 38.2 Å². The minimum Gasteiger partial charge on any atom is -0.481 e. The van der Waals surface area contributed by atoms with Crippen LogP contribution in [-0.2, 0) is 0 Å². The van der Waals surface area contributed by atoms with Crippen molar-refractivity contribution >= 4 is 26.7 Å². The van der Waals surface area contributed by atoms with Crippen molar-refractivity contribution in [3.8, 4) is 17.0 Å². The van der Waals surface area contributed by atoms with Gasteiger partial charge in [0.2, 0.25) is 5.88 Å². The Hall–Kier alpha value is -2.18. The molecular weight excluding hydrogens is 344 g/mol. The predicted octanol–water partition coefficient (Wildman–Crippen LogP) is 3.65. The maximum atomic E-state index is 5.14. The maximum Gasteiger partial charge on any atom is 0.212 e. The molecule has 2 aromatic heterocycles. The van der Waals surface area contributed by atoms with Crippen LogP contribution in [-0.4, -0.2) is 54.2 Å². The molecule has 1 aliphatic carbocycles. The van der Waals surface area contributed by atoms with Crippen LogP contribution >= 0.6 is 11.3 Å². The molecule has 3 heterocycles. The molecule has 0 radical (unpaired) electrons. The Kier molecular flexibility index (Phi) is 4.02. The third-order valence-electron chi connectivity index (χ3n) is 5.30. The number of benzene rings is 1. The molecule has 2 fully saturated rings. The Bertz CT molecular complexity index is 911. The van der Waals surface area contributed by atoms with Crippen molar-refractivity contribution in [1.82, 2.24) is 14.9 Å². The van der Waals surface area contributed by atoms with E-state index in [-0.39, 0.29) is 0 Å². The Labute approximate surface area is 157 Å². The number of aromatic nitrogens is 2. The molecular formula is C20H22N4OS. The number of pyridine rings is 1. The lowest BCUT2D eigenvalue weighted by Gasteiger charge is -2.34. The number of hydrogen-bond donors (Lipinski definition) is 0. The van der Waals surface area contributed by atoms with Gasteiger partial charge in [0.1, 0.15) is 0 Å². The smallest absolute Gasteiger partial charge is 0.212 e. The van der Waals surface area contributed by atoms with E-state index in [0.717, 1.165) is 35.3 Å². The van der Waals surface area contributed by atoms with Crippen LogP contribution in [0, 0.1) is 0 Å². The van der Waals surface area contributed by atoms with E-state index in [1.807, 2.05) is 18.3 Å². The summed E-state index contributed by atoms with van der Waals surface area (Å²) in [6.45, 7) is 4.52. The quantitative estimate of drug-likeness (QED) is 0.705. The summed E-state index contributed by atoms with van der Waals surface area (Å²) in [5.74, 6) is 0.639. The van der Waals surface area contributed by atoms with Crippen LogP contribution in [0.2, 0.25) is 0 Å². The summed E-state index contributed by atoms with van der Waals surface area (Å²) in [6.07, 6.45) is 4.65. The Morgan fingerprint density at radius 2 is 1.85 bits per heavy atom. The Balaban J connectivity index is 1.37. The van der Waals surface area contributed by atoms with Gasteiger partial charge in [-0.25, -0.2) is 9.97 Å². The molecule has 6 heteroatoms. The minimum atomic E-state index is 0.639. The van der Waals surface area contributed by atoms with Gasteiger partial charge in [-0.1, -0.05) is 17.4 Å². The molecule has 0 bridgehead atoms. The summed E-state index contributed by atoms with van der Waals surface area (Å²) >= 11 is 1.80. The van der Waals surface area contributed by atoms with Crippen LogP contribution < -0.4 is 9.64 Å². The minimum absolute atomic E-state index is 0.639. The van der Waals surface area contributed by atoms with Crippen LogP contribution in [0.5, 0.6) is 5.88 Å². The molecule has 1 aliphatic heterocycles. The number of nitrogens with zero attached hydrogens (tertiary/aromatic N) is 4. The van der Waals surface area contributed by atoms with Crippen molar-refractivity contribution in [1.29, 1.82) is 0 Å². The van der Waals surface area contributed by atoms with Gasteiger partial charge in [0, 0.05) is 50.0 Å². The van der Waals surface area contributed by atoms with Crippen molar-refractivity contribution < 1.29 is 4.74 Å². The highest BCUT2D eigenvalue weighted by Crippen LogP contribution is 2.34. The fourth-order valence-electron chi connectivity index (χ4n) is 3.62. The number of ether oxygens (including phenoxy) is 1. The van der Waals surface area contributed by atoms with Crippen LogP contribution in [0.1, 0.15) is 12.8 Å². The number of piperazine rings is 1. The van der Waals surface area contributed by atoms with Gasteiger partial charge in [-0.3, -0.25) is 4.90 Å². The number of rotatable bonds is 4. The molecule has 1 saturated heterocycles. The molecule has 1 saturated carbocycles. The number of thiazole rings is 1. The Morgan fingerprint density at radius 1 is 1.04 bits per heavy atom. The molecule has 26 heavy (non-hydrogen) atoms. The lowest BCUT2D eigenvalue weighted by atomic mass is 10.1. The first kappa shape index (κ1) is 16.0. The van der Waals surface area contributed by atoms with Crippen molar-refractivity contribution in [3.05, 3.63) is 36.5 Å². The van der Waals surface area contributed by atoms with Gasteiger partial charge in [0.25, 0.3) is 0 Å². The van der Waals surface area contributed by atoms with E-state index >= 15 is 0 Å². The van der Waals surface area contributed by atoms with Gasteiger partial charge in [-0.15, -0.1) is 0 Å². The van der Waals surface area contributed by atoms with Gasteiger partial charge in [-0.05, 0) is 36.6 Å². The molecule has 3 aromatic rings. The van der Waals surface area contributed by atoms with Crippen LogP contribution in [0.4, 0.5) is 5.13 Å². The molecule has 1 aromatic carbocycles. The first-order valence-corrected chi connectivity index (χ1v) is 10.0. The summed E-state index contributed by atoms with van der Waals surface area (Å²) < 4.78 is 6.38. The van der Waals surface area contributed by atoms with E-state index in [0.29, 0.717) is 5.88 Å². The first-order chi connectivity index (χ1) is 12.8. The summed E-state index contributed by atoms with van der Waals surface area (Å²) in [4.78, 5) is 14.3. The molecule has 0 amide bonds. The van der Waals surface area contributed by atoms with E-state index in [1.54, 1.807) is 18.4 Å². The lowest BCUT2D eigenvalue weighted by Crippen LogP contribution is -2.47. The number of methoxy groups -OCH3 is 1. The van der Waals surface area contributed by atoms with Gasteiger partial charge >= 0.3 is 0 Å². The van der Waals surface area contributed by atoms with Gasteiger partial charge < -0.3 is 9.64 Å². The second kappa shape index (κ2) is 6.52.